The van der Waals surface area contributed by atoms with Gasteiger partial charge in [0, 0.05) is 4.75 Å². The summed E-state index contributed by atoms with van der Waals surface area (Å²) < 4.78 is 30.1. The number of aliphatic hydroxyl groups excluding tert-OH is 1. The second kappa shape index (κ2) is 5.91. The van der Waals surface area contributed by atoms with Crippen LogP contribution < -0.4 is 0 Å². The third-order valence-corrected chi connectivity index (χ3v) is 4.37. The Balaban J connectivity index is 5.40. The number of carbonyl (C=O) groups excluding carboxylic acids is 1. The van der Waals surface area contributed by atoms with Gasteiger partial charge in [0.2, 0.25) is 0 Å². The molecule has 1 unspecified atom stereocenters. The number of hydrogen-bond acceptors (Lipinski definition) is 4. The minimum absolute atomic E-state index is 0.0490. The second-order valence-corrected chi connectivity index (χ2v) is 7.18. The van der Waals surface area contributed by atoms with Crippen LogP contribution in [0.2, 0.25) is 0 Å². The van der Waals surface area contributed by atoms with E-state index in [1.807, 2.05) is 0 Å². The molecule has 1 N–H and O–H groups in total. The molecule has 0 aromatic rings. The first-order chi connectivity index (χ1) is 7.62. The topological polar surface area (TPSA) is 63.6 Å². The standard InChI is InChI=1S/C11H21FO4S/c1-6-7-8(13)11(12,9(14)16-5)17(15)10(2,3)4/h8,13H,6-7H2,1-5H3/t8-,11+,17?/m0/s1. The molecule has 0 saturated carbocycles. The van der Waals surface area contributed by atoms with Crippen LogP contribution in [0.3, 0.4) is 0 Å². The largest absolute Gasteiger partial charge is 0.466 e. The van der Waals surface area contributed by atoms with Gasteiger partial charge in [0.25, 0.3) is 0 Å². The van der Waals surface area contributed by atoms with Gasteiger partial charge in [-0.25, -0.2) is 9.18 Å². The van der Waals surface area contributed by atoms with E-state index in [4.69, 9.17) is 0 Å². The first-order valence-electron chi connectivity index (χ1n) is 5.49. The Hall–Kier alpha value is -0.490. The minimum Gasteiger partial charge on any atom is -0.466 e. The molecule has 0 aromatic heterocycles. The molecule has 0 radical (unpaired) electrons. The molecule has 0 aliphatic heterocycles. The summed E-state index contributed by atoms with van der Waals surface area (Å²) in [4.78, 5) is 11.5. The van der Waals surface area contributed by atoms with Crippen LogP contribution in [-0.4, -0.2) is 38.2 Å². The lowest BCUT2D eigenvalue weighted by atomic mass is 10.1. The Kier molecular flexibility index (Phi) is 5.74. The summed E-state index contributed by atoms with van der Waals surface area (Å²) in [5.74, 6) is -1.29. The normalized spacial score (nSPS) is 19.2. The van der Waals surface area contributed by atoms with Crippen LogP contribution >= 0.6 is 0 Å². The molecule has 3 atom stereocenters. The molecule has 0 heterocycles. The Morgan fingerprint density at radius 3 is 2.24 bits per heavy atom. The highest BCUT2D eigenvalue weighted by Crippen LogP contribution is 2.32. The van der Waals surface area contributed by atoms with E-state index >= 15 is 0 Å². The van der Waals surface area contributed by atoms with E-state index in [0.717, 1.165) is 7.11 Å². The summed E-state index contributed by atoms with van der Waals surface area (Å²) in [7, 11) is -1.18. The molecule has 0 amide bonds. The van der Waals surface area contributed by atoms with E-state index in [2.05, 4.69) is 4.74 Å². The monoisotopic (exact) mass is 268 g/mol. The van der Waals surface area contributed by atoms with E-state index in [1.165, 1.54) is 0 Å². The predicted molar refractivity (Wildman–Crippen MR) is 64.7 cm³/mol. The van der Waals surface area contributed by atoms with Gasteiger partial charge in [-0.2, -0.15) is 0 Å². The maximum atomic E-state index is 14.6. The number of aliphatic hydroxyl groups is 1. The zero-order valence-electron chi connectivity index (χ0n) is 10.9. The molecule has 4 nitrogen and oxygen atoms in total. The number of carbonyl (C=O) groups is 1. The van der Waals surface area contributed by atoms with Crippen molar-refractivity contribution in [2.75, 3.05) is 7.11 Å². The summed E-state index contributed by atoms with van der Waals surface area (Å²) in [5.41, 5.74) is 0. The summed E-state index contributed by atoms with van der Waals surface area (Å²) in [5, 5.41) is 6.86. The molecule has 0 saturated heterocycles. The number of halogens is 1. The summed E-state index contributed by atoms with van der Waals surface area (Å²) in [6.07, 6.45) is -1.10. The molecular weight excluding hydrogens is 247 g/mol. The lowest BCUT2D eigenvalue weighted by Crippen LogP contribution is -2.54. The van der Waals surface area contributed by atoms with Crippen LogP contribution in [0.15, 0.2) is 0 Å². The third kappa shape index (κ3) is 3.48. The molecule has 0 aliphatic carbocycles. The SMILES string of the molecule is CCC[C@H](O)[C@](F)(C(=O)OC)S(=O)C(C)(C)C. The van der Waals surface area contributed by atoms with Gasteiger partial charge in [0.05, 0.1) is 17.9 Å². The van der Waals surface area contributed by atoms with Crippen molar-refractivity contribution in [1.82, 2.24) is 0 Å². The van der Waals surface area contributed by atoms with E-state index in [0.29, 0.717) is 6.42 Å². The fourth-order valence-electron chi connectivity index (χ4n) is 1.38. The Bertz CT molecular complexity index is 300. The van der Waals surface area contributed by atoms with Crippen molar-refractivity contribution in [3.05, 3.63) is 0 Å². The van der Waals surface area contributed by atoms with Gasteiger partial charge in [-0.15, -0.1) is 0 Å². The number of ether oxygens (including phenoxy) is 1. The van der Waals surface area contributed by atoms with Gasteiger partial charge in [-0.1, -0.05) is 13.3 Å². The molecule has 0 aliphatic rings. The molecule has 0 rings (SSSR count). The highest BCUT2D eigenvalue weighted by molar-refractivity contribution is 7.88. The fraction of sp³-hybridized carbons (Fsp3) is 0.909. The quantitative estimate of drug-likeness (QED) is 0.768. The summed E-state index contributed by atoms with van der Waals surface area (Å²) in [6, 6.07) is 0. The zero-order valence-corrected chi connectivity index (χ0v) is 11.8. The van der Waals surface area contributed by atoms with Crippen molar-refractivity contribution in [1.29, 1.82) is 0 Å². The molecule has 0 spiro atoms. The van der Waals surface area contributed by atoms with E-state index in [-0.39, 0.29) is 6.42 Å². The molecule has 17 heavy (non-hydrogen) atoms. The highest BCUT2D eigenvalue weighted by Gasteiger charge is 2.55. The van der Waals surface area contributed by atoms with Crippen molar-refractivity contribution in [2.45, 2.75) is 56.4 Å². The van der Waals surface area contributed by atoms with Crippen molar-refractivity contribution >= 4 is 16.8 Å². The third-order valence-electron chi connectivity index (χ3n) is 2.28. The van der Waals surface area contributed by atoms with Crippen molar-refractivity contribution in [3.8, 4) is 0 Å². The van der Waals surface area contributed by atoms with Crippen molar-refractivity contribution < 1.29 is 23.2 Å². The number of alkyl halides is 1. The first kappa shape index (κ1) is 16.5. The van der Waals surface area contributed by atoms with Gasteiger partial charge in [0.15, 0.2) is 0 Å². The number of methoxy groups -OCH3 is 1. The minimum atomic E-state index is -2.87. The Morgan fingerprint density at radius 1 is 1.47 bits per heavy atom. The average Bonchev–Trinajstić information content (AvgIpc) is 2.24. The van der Waals surface area contributed by atoms with E-state index in [9.17, 15) is 18.5 Å². The maximum Gasteiger partial charge on any atom is 0.359 e. The number of rotatable bonds is 5. The molecule has 102 valence electrons. The van der Waals surface area contributed by atoms with Crippen LogP contribution in [0.4, 0.5) is 4.39 Å². The molecule has 0 bridgehead atoms. The first-order valence-corrected chi connectivity index (χ1v) is 6.64. The van der Waals surface area contributed by atoms with Gasteiger partial charge < -0.3 is 9.84 Å². The van der Waals surface area contributed by atoms with E-state index in [1.54, 1.807) is 27.7 Å². The van der Waals surface area contributed by atoms with Crippen molar-refractivity contribution in [3.63, 3.8) is 0 Å². The van der Waals surface area contributed by atoms with Crippen LogP contribution in [0.25, 0.3) is 0 Å². The van der Waals surface area contributed by atoms with Crippen molar-refractivity contribution in [2.24, 2.45) is 0 Å². The average molecular weight is 268 g/mol. The predicted octanol–water partition coefficient (Wildman–Crippen LogP) is 1.53. The number of hydrogen-bond donors (Lipinski definition) is 1. The molecule has 6 heteroatoms. The Morgan fingerprint density at radius 2 is 1.94 bits per heavy atom. The van der Waals surface area contributed by atoms with Gasteiger partial charge >= 0.3 is 11.0 Å². The van der Waals surface area contributed by atoms with Crippen LogP contribution in [0, 0.1) is 0 Å². The van der Waals surface area contributed by atoms with Gasteiger partial charge in [0.1, 0.15) is 6.10 Å². The van der Waals surface area contributed by atoms with Crippen LogP contribution in [0.5, 0.6) is 0 Å². The summed E-state index contributed by atoms with van der Waals surface area (Å²) in [6.45, 7) is 6.36. The fourth-order valence-corrected chi connectivity index (χ4v) is 2.87. The molecule has 0 fully saturated rings. The lowest BCUT2D eigenvalue weighted by Gasteiger charge is -2.32. The van der Waals surface area contributed by atoms with Gasteiger partial charge in [-0.3, -0.25) is 4.21 Å². The summed E-state index contributed by atoms with van der Waals surface area (Å²) >= 11 is 0. The molecular formula is C11H21FO4S. The van der Waals surface area contributed by atoms with Crippen LogP contribution in [0.1, 0.15) is 40.5 Å². The second-order valence-electron chi connectivity index (χ2n) is 4.82. The number of esters is 1. The zero-order chi connectivity index (χ0) is 13.9. The molecule has 0 aromatic carbocycles. The van der Waals surface area contributed by atoms with Gasteiger partial charge in [-0.05, 0) is 27.2 Å². The lowest BCUT2D eigenvalue weighted by molar-refractivity contribution is -0.154. The maximum absolute atomic E-state index is 14.6. The van der Waals surface area contributed by atoms with E-state index < -0.39 is 32.6 Å². The Labute approximate surface area is 104 Å². The van der Waals surface area contributed by atoms with Crippen LogP contribution in [-0.2, 0) is 20.3 Å². The highest BCUT2D eigenvalue weighted by atomic mass is 32.2. The smallest absolute Gasteiger partial charge is 0.359 e.